The van der Waals surface area contributed by atoms with E-state index in [2.05, 4.69) is 16.4 Å². The summed E-state index contributed by atoms with van der Waals surface area (Å²) < 4.78 is 0. The highest BCUT2D eigenvalue weighted by Gasteiger charge is 2.30. The van der Waals surface area contributed by atoms with Crippen molar-refractivity contribution < 1.29 is 4.79 Å². The summed E-state index contributed by atoms with van der Waals surface area (Å²) in [6.45, 7) is 1.92. The molecule has 1 heterocycles. The van der Waals surface area contributed by atoms with E-state index in [-0.39, 0.29) is 18.0 Å². The van der Waals surface area contributed by atoms with Gasteiger partial charge >= 0.3 is 0 Å². The second-order valence-electron chi connectivity index (χ2n) is 5.26. The molecule has 0 saturated heterocycles. The number of rotatable bonds is 2. The van der Waals surface area contributed by atoms with E-state index >= 15 is 0 Å². The van der Waals surface area contributed by atoms with Crippen molar-refractivity contribution in [3.8, 4) is 0 Å². The minimum atomic E-state index is -0.145. The van der Waals surface area contributed by atoms with E-state index < -0.39 is 0 Å². The van der Waals surface area contributed by atoms with Gasteiger partial charge in [-0.3, -0.25) is 9.78 Å². The van der Waals surface area contributed by atoms with E-state index in [1.165, 1.54) is 5.56 Å². The summed E-state index contributed by atoms with van der Waals surface area (Å²) in [6.07, 6.45) is 4.09. The second kappa shape index (κ2) is 5.06. The molecular weight excluding hydrogens is 250 g/mol. The van der Waals surface area contributed by atoms with Gasteiger partial charge in [0.05, 0.1) is 17.6 Å². The zero-order valence-electron chi connectivity index (χ0n) is 11.3. The fraction of sp³-hybridized carbons (Fsp3) is 0.250. The Morgan fingerprint density at radius 2 is 2.15 bits per heavy atom. The number of nitrogens with one attached hydrogen (secondary N) is 1. The maximum absolute atomic E-state index is 12.2. The zero-order chi connectivity index (χ0) is 14.1. The van der Waals surface area contributed by atoms with Gasteiger partial charge in [-0.05, 0) is 36.1 Å². The number of amides is 1. The van der Waals surface area contributed by atoms with Crippen molar-refractivity contribution in [3.05, 3.63) is 65.0 Å². The van der Waals surface area contributed by atoms with Crippen molar-refractivity contribution in [1.29, 1.82) is 0 Å². The molecule has 1 aromatic carbocycles. The molecule has 0 fully saturated rings. The van der Waals surface area contributed by atoms with Crippen LogP contribution in [0.2, 0.25) is 0 Å². The van der Waals surface area contributed by atoms with Gasteiger partial charge in [-0.25, -0.2) is 0 Å². The van der Waals surface area contributed by atoms with Gasteiger partial charge in [0.15, 0.2) is 0 Å². The van der Waals surface area contributed by atoms with Crippen molar-refractivity contribution in [2.24, 2.45) is 5.73 Å². The Labute approximate surface area is 118 Å². The van der Waals surface area contributed by atoms with E-state index in [1.54, 1.807) is 12.4 Å². The van der Waals surface area contributed by atoms with Gasteiger partial charge in [-0.1, -0.05) is 24.3 Å². The number of carbonyl (C=O) groups excluding carboxylic acids is 1. The Kier molecular flexibility index (Phi) is 3.24. The molecule has 1 aromatic heterocycles. The molecule has 20 heavy (non-hydrogen) atoms. The molecule has 0 bridgehead atoms. The van der Waals surface area contributed by atoms with Crippen LogP contribution in [0.5, 0.6) is 0 Å². The molecule has 3 N–H and O–H groups in total. The summed E-state index contributed by atoms with van der Waals surface area (Å²) in [6, 6.07) is 9.70. The quantitative estimate of drug-likeness (QED) is 0.871. The number of carbonyl (C=O) groups is 1. The number of hydrogen-bond acceptors (Lipinski definition) is 3. The predicted octanol–water partition coefficient (Wildman–Crippen LogP) is 1.74. The normalized spacial score (nSPS) is 20.5. The molecule has 3 rings (SSSR count). The van der Waals surface area contributed by atoms with Crippen LogP contribution in [-0.2, 0) is 6.42 Å². The Morgan fingerprint density at radius 3 is 2.90 bits per heavy atom. The Hall–Kier alpha value is -2.20. The first-order chi connectivity index (χ1) is 9.65. The van der Waals surface area contributed by atoms with E-state index in [1.807, 2.05) is 31.2 Å². The molecule has 102 valence electrons. The first kappa shape index (κ1) is 12.8. The first-order valence-electron chi connectivity index (χ1n) is 6.71. The van der Waals surface area contributed by atoms with Gasteiger partial charge in [0.25, 0.3) is 5.91 Å². The number of aromatic nitrogens is 1. The molecule has 0 saturated carbocycles. The fourth-order valence-corrected chi connectivity index (χ4v) is 2.70. The highest BCUT2D eigenvalue weighted by molar-refractivity contribution is 5.94. The molecular formula is C16H17N3O. The summed E-state index contributed by atoms with van der Waals surface area (Å²) >= 11 is 0. The lowest BCUT2D eigenvalue weighted by Crippen LogP contribution is -2.40. The maximum Gasteiger partial charge on any atom is 0.253 e. The lowest BCUT2D eigenvalue weighted by atomic mass is 10.1. The fourth-order valence-electron chi connectivity index (χ4n) is 2.70. The monoisotopic (exact) mass is 267 g/mol. The lowest BCUT2D eigenvalue weighted by molar-refractivity contribution is 0.0933. The summed E-state index contributed by atoms with van der Waals surface area (Å²) in [5, 5.41) is 3.02. The highest BCUT2D eigenvalue weighted by Crippen LogP contribution is 2.29. The average molecular weight is 267 g/mol. The van der Waals surface area contributed by atoms with Crippen molar-refractivity contribution in [2.45, 2.75) is 25.4 Å². The molecule has 0 aliphatic heterocycles. The first-order valence-corrected chi connectivity index (χ1v) is 6.71. The largest absolute Gasteiger partial charge is 0.347 e. The van der Waals surface area contributed by atoms with E-state index in [4.69, 9.17) is 5.73 Å². The number of nitrogens with zero attached hydrogens (tertiary/aromatic N) is 1. The van der Waals surface area contributed by atoms with Crippen LogP contribution in [0.3, 0.4) is 0 Å². The molecule has 2 aromatic rings. The third-order valence-electron chi connectivity index (χ3n) is 3.74. The summed E-state index contributed by atoms with van der Waals surface area (Å²) in [5.74, 6) is -0.116. The van der Waals surface area contributed by atoms with E-state index in [9.17, 15) is 4.79 Å². The third-order valence-corrected chi connectivity index (χ3v) is 3.74. The topological polar surface area (TPSA) is 68.0 Å². The maximum atomic E-state index is 12.2. The minimum Gasteiger partial charge on any atom is -0.347 e. The number of pyridine rings is 1. The Balaban J connectivity index is 1.75. The van der Waals surface area contributed by atoms with Crippen LogP contribution >= 0.6 is 0 Å². The van der Waals surface area contributed by atoms with Crippen molar-refractivity contribution in [3.63, 3.8) is 0 Å². The average Bonchev–Trinajstić information content (AvgIpc) is 2.76. The number of nitrogens with two attached hydrogens (primary N) is 1. The molecule has 1 aliphatic rings. The van der Waals surface area contributed by atoms with Crippen molar-refractivity contribution in [1.82, 2.24) is 10.3 Å². The Morgan fingerprint density at radius 1 is 1.35 bits per heavy atom. The number of benzene rings is 1. The summed E-state index contributed by atoms with van der Waals surface area (Å²) in [5.41, 5.74) is 10.1. The van der Waals surface area contributed by atoms with Crippen LogP contribution in [0, 0.1) is 6.92 Å². The van der Waals surface area contributed by atoms with Crippen molar-refractivity contribution in [2.75, 3.05) is 0 Å². The lowest BCUT2D eigenvalue weighted by Gasteiger charge is -2.18. The van der Waals surface area contributed by atoms with Crippen LogP contribution < -0.4 is 11.1 Å². The van der Waals surface area contributed by atoms with Gasteiger partial charge in [0.2, 0.25) is 0 Å². The molecule has 0 radical (unpaired) electrons. The van der Waals surface area contributed by atoms with Gasteiger partial charge in [0, 0.05) is 12.4 Å². The number of fused-ring (bicyclic) bond motifs is 1. The smallest absolute Gasteiger partial charge is 0.253 e. The second-order valence-corrected chi connectivity index (χ2v) is 5.26. The summed E-state index contributed by atoms with van der Waals surface area (Å²) in [4.78, 5) is 16.3. The number of hydrogen-bond donors (Lipinski definition) is 2. The van der Waals surface area contributed by atoms with Gasteiger partial charge in [0.1, 0.15) is 0 Å². The van der Waals surface area contributed by atoms with Gasteiger partial charge < -0.3 is 11.1 Å². The molecule has 0 spiro atoms. The van der Waals surface area contributed by atoms with Crippen LogP contribution in [0.25, 0.3) is 0 Å². The van der Waals surface area contributed by atoms with Gasteiger partial charge in [-0.2, -0.15) is 0 Å². The highest BCUT2D eigenvalue weighted by atomic mass is 16.1. The molecule has 4 heteroatoms. The van der Waals surface area contributed by atoms with Crippen LogP contribution in [-0.4, -0.2) is 16.9 Å². The standard InChI is InChI=1S/C16H17N3O/c1-10-6-12(9-18-8-10)16(20)19-14-7-11-4-2-3-5-13(11)15(14)17/h2-6,8-9,14-15H,7,17H2,1H3,(H,19,20)/t14-,15-/m1/s1. The molecule has 0 unspecified atom stereocenters. The molecule has 4 nitrogen and oxygen atoms in total. The SMILES string of the molecule is Cc1cncc(C(=O)N[C@@H]2Cc3ccccc3[C@H]2N)c1. The predicted molar refractivity (Wildman–Crippen MR) is 77.3 cm³/mol. The van der Waals surface area contributed by atoms with E-state index in [0.29, 0.717) is 5.56 Å². The third kappa shape index (κ3) is 2.30. The number of aryl methyl sites for hydroxylation is 1. The van der Waals surface area contributed by atoms with Gasteiger partial charge in [-0.15, -0.1) is 0 Å². The van der Waals surface area contributed by atoms with Crippen LogP contribution in [0.4, 0.5) is 0 Å². The van der Waals surface area contributed by atoms with E-state index in [0.717, 1.165) is 17.5 Å². The molecule has 2 atom stereocenters. The van der Waals surface area contributed by atoms with Crippen LogP contribution in [0.1, 0.15) is 33.1 Å². The van der Waals surface area contributed by atoms with Crippen molar-refractivity contribution >= 4 is 5.91 Å². The molecule has 1 amide bonds. The zero-order valence-corrected chi connectivity index (χ0v) is 11.3. The molecule has 1 aliphatic carbocycles. The summed E-state index contributed by atoms with van der Waals surface area (Å²) in [7, 11) is 0. The minimum absolute atomic E-state index is 0.0552. The Bertz CT molecular complexity index is 654. The van der Waals surface area contributed by atoms with Crippen LogP contribution in [0.15, 0.2) is 42.7 Å².